The number of thioether (sulfide) groups is 1. The highest BCUT2D eigenvalue weighted by Gasteiger charge is 2.04. The molecule has 0 saturated carbocycles. The van der Waals surface area contributed by atoms with Crippen LogP contribution in [0.15, 0.2) is 24.4 Å². The van der Waals surface area contributed by atoms with Crippen molar-refractivity contribution in [1.29, 1.82) is 0 Å². The van der Waals surface area contributed by atoms with E-state index in [1.54, 1.807) is 11.8 Å². The highest BCUT2D eigenvalue weighted by Crippen LogP contribution is 2.18. The Hall–Kier alpha value is -1.34. The summed E-state index contributed by atoms with van der Waals surface area (Å²) in [6.45, 7) is 0.316. The SMILES string of the molecule is Fc1ccc(F)c(OCCSCc2c[nH]c(=S)[nH]2)c1. The number of nitrogens with one attached hydrogen (secondary N) is 2. The number of imidazole rings is 1. The van der Waals surface area contributed by atoms with Crippen LogP contribution in [0.2, 0.25) is 0 Å². The van der Waals surface area contributed by atoms with Crippen molar-refractivity contribution in [3.63, 3.8) is 0 Å². The van der Waals surface area contributed by atoms with E-state index in [1.807, 2.05) is 6.20 Å². The molecular formula is C12H12F2N2OS2. The molecule has 0 aliphatic heterocycles. The fraction of sp³-hybridized carbons (Fsp3) is 0.250. The Kier molecular flexibility index (Phi) is 4.98. The fourth-order valence-electron chi connectivity index (χ4n) is 1.43. The van der Waals surface area contributed by atoms with Crippen molar-refractivity contribution in [2.24, 2.45) is 0 Å². The van der Waals surface area contributed by atoms with E-state index in [1.165, 1.54) is 0 Å². The van der Waals surface area contributed by atoms with Gasteiger partial charge < -0.3 is 14.7 Å². The maximum atomic E-state index is 13.2. The minimum atomic E-state index is -0.555. The van der Waals surface area contributed by atoms with Crippen molar-refractivity contribution >= 4 is 24.0 Å². The average Bonchev–Trinajstić information content (AvgIpc) is 2.79. The standard InChI is InChI=1S/C12H12F2N2OS2/c13-8-1-2-10(14)11(5-8)17-3-4-19-7-9-6-15-12(18)16-9/h1-2,5-6H,3-4,7H2,(H2,15,16,18). The summed E-state index contributed by atoms with van der Waals surface area (Å²) in [4.78, 5) is 5.86. The molecule has 7 heteroatoms. The first-order chi connectivity index (χ1) is 9.15. The molecular weight excluding hydrogens is 290 g/mol. The van der Waals surface area contributed by atoms with Gasteiger partial charge in [-0.2, -0.15) is 11.8 Å². The minimum absolute atomic E-state index is 0.0540. The summed E-state index contributed by atoms with van der Waals surface area (Å²) in [5.74, 6) is 0.302. The second kappa shape index (κ2) is 6.72. The van der Waals surface area contributed by atoms with Gasteiger partial charge in [0.2, 0.25) is 0 Å². The number of benzene rings is 1. The van der Waals surface area contributed by atoms with Gasteiger partial charge in [-0.3, -0.25) is 0 Å². The van der Waals surface area contributed by atoms with Gasteiger partial charge in [0, 0.05) is 29.5 Å². The lowest BCUT2D eigenvalue weighted by Gasteiger charge is -2.06. The van der Waals surface area contributed by atoms with Crippen LogP contribution in [0.25, 0.3) is 0 Å². The maximum Gasteiger partial charge on any atom is 0.174 e. The summed E-state index contributed by atoms with van der Waals surface area (Å²) in [5, 5.41) is 0. The number of halogens is 2. The van der Waals surface area contributed by atoms with Crippen LogP contribution >= 0.6 is 24.0 Å². The Labute approximate surface area is 118 Å². The Morgan fingerprint density at radius 1 is 1.32 bits per heavy atom. The zero-order valence-electron chi connectivity index (χ0n) is 9.91. The predicted octanol–water partition coefficient (Wildman–Crippen LogP) is 3.66. The molecule has 0 bridgehead atoms. The third-order valence-corrected chi connectivity index (χ3v) is 3.48. The molecule has 0 spiro atoms. The van der Waals surface area contributed by atoms with Gasteiger partial charge in [0.15, 0.2) is 16.3 Å². The van der Waals surface area contributed by atoms with Crippen LogP contribution < -0.4 is 4.74 Å². The number of aromatic nitrogens is 2. The largest absolute Gasteiger partial charge is 0.490 e. The fourth-order valence-corrected chi connectivity index (χ4v) is 2.34. The molecule has 19 heavy (non-hydrogen) atoms. The third kappa shape index (κ3) is 4.36. The number of rotatable bonds is 6. The number of hydrogen-bond acceptors (Lipinski definition) is 3. The second-order valence-electron chi connectivity index (χ2n) is 3.74. The Morgan fingerprint density at radius 3 is 2.89 bits per heavy atom. The van der Waals surface area contributed by atoms with Gasteiger partial charge in [-0.15, -0.1) is 0 Å². The molecule has 0 aliphatic carbocycles. The number of ether oxygens (including phenoxy) is 1. The van der Waals surface area contributed by atoms with Crippen molar-refractivity contribution in [2.45, 2.75) is 5.75 Å². The molecule has 0 aliphatic rings. The summed E-state index contributed by atoms with van der Waals surface area (Å²) >= 11 is 6.51. The lowest BCUT2D eigenvalue weighted by Crippen LogP contribution is -2.02. The number of hydrogen-bond donors (Lipinski definition) is 2. The summed E-state index contributed by atoms with van der Waals surface area (Å²) in [5.41, 5.74) is 0.993. The molecule has 2 N–H and O–H groups in total. The zero-order valence-corrected chi connectivity index (χ0v) is 11.5. The van der Waals surface area contributed by atoms with E-state index in [-0.39, 0.29) is 5.75 Å². The Balaban J connectivity index is 1.72. The number of aromatic amines is 2. The lowest BCUT2D eigenvalue weighted by molar-refractivity contribution is 0.322. The van der Waals surface area contributed by atoms with Gasteiger partial charge in [-0.1, -0.05) is 0 Å². The molecule has 0 saturated heterocycles. The molecule has 1 aromatic carbocycles. The first kappa shape index (κ1) is 14.1. The zero-order chi connectivity index (χ0) is 13.7. The van der Waals surface area contributed by atoms with Gasteiger partial charge in [0.1, 0.15) is 5.82 Å². The van der Waals surface area contributed by atoms with Crippen molar-refractivity contribution in [3.8, 4) is 5.75 Å². The van der Waals surface area contributed by atoms with E-state index < -0.39 is 11.6 Å². The Bertz CT molecular complexity index is 597. The van der Waals surface area contributed by atoms with Crippen LogP contribution in [0.1, 0.15) is 5.69 Å². The normalized spacial score (nSPS) is 10.6. The summed E-state index contributed by atoms with van der Waals surface area (Å²) in [6, 6.07) is 3.16. The quantitative estimate of drug-likeness (QED) is 0.632. The first-order valence-electron chi connectivity index (χ1n) is 5.57. The second-order valence-corrected chi connectivity index (χ2v) is 5.26. The topological polar surface area (TPSA) is 40.8 Å². The molecule has 102 valence electrons. The van der Waals surface area contributed by atoms with Gasteiger partial charge in [-0.05, 0) is 24.4 Å². The molecule has 0 radical (unpaired) electrons. The van der Waals surface area contributed by atoms with Crippen LogP contribution in [0, 0.1) is 16.4 Å². The van der Waals surface area contributed by atoms with Crippen LogP contribution in [-0.2, 0) is 5.75 Å². The Morgan fingerprint density at radius 2 is 2.16 bits per heavy atom. The molecule has 1 heterocycles. The first-order valence-corrected chi connectivity index (χ1v) is 7.13. The highest BCUT2D eigenvalue weighted by atomic mass is 32.2. The van der Waals surface area contributed by atoms with Crippen LogP contribution in [0.3, 0.4) is 0 Å². The third-order valence-electron chi connectivity index (χ3n) is 2.29. The van der Waals surface area contributed by atoms with Crippen LogP contribution in [0.5, 0.6) is 5.75 Å². The van der Waals surface area contributed by atoms with E-state index >= 15 is 0 Å². The van der Waals surface area contributed by atoms with Crippen molar-refractivity contribution in [2.75, 3.05) is 12.4 Å². The average molecular weight is 302 g/mol. The van der Waals surface area contributed by atoms with Crippen molar-refractivity contribution in [3.05, 3.63) is 46.5 Å². The van der Waals surface area contributed by atoms with Crippen LogP contribution in [-0.4, -0.2) is 22.3 Å². The monoisotopic (exact) mass is 302 g/mol. The highest BCUT2D eigenvalue weighted by molar-refractivity contribution is 7.98. The van der Waals surface area contributed by atoms with Crippen molar-refractivity contribution in [1.82, 2.24) is 9.97 Å². The van der Waals surface area contributed by atoms with E-state index in [4.69, 9.17) is 17.0 Å². The van der Waals surface area contributed by atoms with Gasteiger partial charge in [0.05, 0.1) is 6.61 Å². The van der Waals surface area contributed by atoms with Crippen molar-refractivity contribution < 1.29 is 13.5 Å². The summed E-state index contributed by atoms with van der Waals surface area (Å²) < 4.78 is 31.9. The minimum Gasteiger partial charge on any atom is -0.490 e. The van der Waals surface area contributed by atoms with E-state index in [9.17, 15) is 8.78 Å². The van der Waals surface area contributed by atoms with Gasteiger partial charge >= 0.3 is 0 Å². The maximum absolute atomic E-state index is 13.2. The van der Waals surface area contributed by atoms with E-state index in [0.29, 0.717) is 17.1 Å². The smallest absolute Gasteiger partial charge is 0.174 e. The molecule has 2 aromatic rings. The lowest BCUT2D eigenvalue weighted by atomic mass is 10.3. The predicted molar refractivity (Wildman–Crippen MR) is 74.0 cm³/mol. The summed E-state index contributed by atoms with van der Waals surface area (Å²) in [7, 11) is 0. The molecule has 3 nitrogen and oxygen atoms in total. The molecule has 0 amide bonds. The van der Waals surface area contributed by atoms with Gasteiger partial charge in [-0.25, -0.2) is 8.78 Å². The van der Waals surface area contributed by atoms with E-state index in [2.05, 4.69) is 9.97 Å². The molecule has 0 unspecified atom stereocenters. The molecule has 1 aromatic heterocycles. The van der Waals surface area contributed by atoms with Crippen LogP contribution in [0.4, 0.5) is 8.78 Å². The van der Waals surface area contributed by atoms with Gasteiger partial charge in [0.25, 0.3) is 0 Å². The summed E-state index contributed by atoms with van der Waals surface area (Å²) in [6.07, 6.45) is 1.81. The molecule has 2 rings (SSSR count). The molecule has 0 atom stereocenters. The molecule has 0 fully saturated rings. The van der Waals surface area contributed by atoms with E-state index in [0.717, 1.165) is 29.6 Å². The number of H-pyrrole nitrogens is 2.